The van der Waals surface area contributed by atoms with E-state index >= 15 is 0 Å². The van der Waals surface area contributed by atoms with Crippen molar-refractivity contribution in [3.63, 3.8) is 0 Å². The predicted octanol–water partition coefficient (Wildman–Crippen LogP) is 3.99. The molecule has 0 aliphatic rings. The van der Waals surface area contributed by atoms with Crippen LogP contribution in [0.3, 0.4) is 0 Å². The number of ketones is 1. The van der Waals surface area contributed by atoms with Crippen LogP contribution in [0, 0.1) is 0 Å². The first-order valence-corrected chi connectivity index (χ1v) is 8.50. The van der Waals surface area contributed by atoms with Crippen molar-refractivity contribution in [2.75, 3.05) is 12.4 Å². The normalized spacial score (nSPS) is 11.5. The molecule has 0 unspecified atom stereocenters. The highest BCUT2D eigenvalue weighted by molar-refractivity contribution is 6.30. The molecule has 0 saturated heterocycles. The topological polar surface area (TPSA) is 80.6 Å². The lowest BCUT2D eigenvalue weighted by Gasteiger charge is -2.21. The van der Waals surface area contributed by atoms with Crippen LogP contribution in [0.1, 0.15) is 20.9 Å². The van der Waals surface area contributed by atoms with Crippen molar-refractivity contribution < 1.29 is 18.7 Å². The van der Waals surface area contributed by atoms with E-state index in [0.29, 0.717) is 22.0 Å². The van der Waals surface area contributed by atoms with E-state index in [9.17, 15) is 9.59 Å². The predicted molar refractivity (Wildman–Crippen MR) is 102 cm³/mol. The molecule has 1 amide bonds. The molecule has 138 valence electrons. The summed E-state index contributed by atoms with van der Waals surface area (Å²) in [5.41, 5.74) is 0.957. The fourth-order valence-corrected chi connectivity index (χ4v) is 2.60. The summed E-state index contributed by atoms with van der Waals surface area (Å²) in [5, 5.41) is 6.19. The first-order valence-electron chi connectivity index (χ1n) is 8.12. The summed E-state index contributed by atoms with van der Waals surface area (Å²) in [7, 11) is 1.53. The second-order valence-electron chi connectivity index (χ2n) is 5.60. The second-order valence-corrected chi connectivity index (χ2v) is 6.04. The summed E-state index contributed by atoms with van der Waals surface area (Å²) in [5.74, 6) is -0.212. The van der Waals surface area contributed by atoms with Crippen molar-refractivity contribution in [2.24, 2.45) is 0 Å². The van der Waals surface area contributed by atoms with Crippen molar-refractivity contribution in [1.29, 1.82) is 0 Å². The number of para-hydroxylation sites is 2. The Morgan fingerprint density at radius 3 is 2.44 bits per heavy atom. The number of carbonyl (C=O) groups excluding carboxylic acids is 2. The van der Waals surface area contributed by atoms with Crippen LogP contribution < -0.4 is 15.4 Å². The molecule has 0 radical (unpaired) electrons. The molecule has 7 heteroatoms. The summed E-state index contributed by atoms with van der Waals surface area (Å²) in [6.07, 6.45) is 0.346. The first kappa shape index (κ1) is 18.5. The van der Waals surface area contributed by atoms with Gasteiger partial charge in [0.05, 0.1) is 19.1 Å². The van der Waals surface area contributed by atoms with Crippen LogP contribution in [0.5, 0.6) is 5.75 Å². The Morgan fingerprint density at radius 2 is 1.78 bits per heavy atom. The number of hydrogen-bond donors (Lipinski definition) is 2. The number of rotatable bonds is 7. The molecular weight excluding hydrogens is 368 g/mol. The Hall–Kier alpha value is -3.25. The van der Waals surface area contributed by atoms with E-state index in [-0.39, 0.29) is 11.5 Å². The van der Waals surface area contributed by atoms with E-state index in [1.54, 1.807) is 48.5 Å². The van der Waals surface area contributed by atoms with Gasteiger partial charge in [-0.25, -0.2) is 0 Å². The standard InChI is InChI=1S/C20H17ClN2O4/c1-26-16-6-3-2-5-15(16)22-19(23-20(25)17-7-4-12-27-17)18(24)13-8-10-14(21)11-9-13/h2-12,19,22H,1H3,(H,23,25)/t19-/m1/s1. The lowest BCUT2D eigenvalue weighted by molar-refractivity contribution is 0.0852. The number of hydrogen-bond acceptors (Lipinski definition) is 5. The molecule has 2 aromatic carbocycles. The van der Waals surface area contributed by atoms with Crippen LogP contribution in [0.2, 0.25) is 5.02 Å². The maximum Gasteiger partial charge on any atom is 0.288 e. The van der Waals surface area contributed by atoms with E-state index in [2.05, 4.69) is 10.6 Å². The first-order chi connectivity index (χ1) is 13.1. The quantitative estimate of drug-likeness (QED) is 0.475. The molecule has 3 rings (SSSR count). The Labute approximate surface area is 161 Å². The lowest BCUT2D eigenvalue weighted by atomic mass is 10.1. The minimum absolute atomic E-state index is 0.103. The third-order valence-corrected chi connectivity index (χ3v) is 4.07. The van der Waals surface area contributed by atoms with Crippen LogP contribution in [0.4, 0.5) is 5.69 Å². The van der Waals surface area contributed by atoms with Crippen molar-refractivity contribution >= 4 is 29.0 Å². The summed E-state index contributed by atoms with van der Waals surface area (Å²) in [4.78, 5) is 25.4. The van der Waals surface area contributed by atoms with Gasteiger partial charge < -0.3 is 19.8 Å². The van der Waals surface area contributed by atoms with E-state index in [0.717, 1.165) is 0 Å². The number of methoxy groups -OCH3 is 1. The molecule has 6 nitrogen and oxygen atoms in total. The van der Waals surface area contributed by atoms with Crippen LogP contribution in [-0.4, -0.2) is 25.0 Å². The number of nitrogens with one attached hydrogen (secondary N) is 2. The largest absolute Gasteiger partial charge is 0.495 e. The van der Waals surface area contributed by atoms with Gasteiger partial charge in [-0.15, -0.1) is 0 Å². The third kappa shape index (κ3) is 4.48. The van der Waals surface area contributed by atoms with E-state index < -0.39 is 12.1 Å². The number of carbonyl (C=O) groups is 2. The highest BCUT2D eigenvalue weighted by atomic mass is 35.5. The van der Waals surface area contributed by atoms with Gasteiger partial charge >= 0.3 is 0 Å². The fourth-order valence-electron chi connectivity index (χ4n) is 2.48. The van der Waals surface area contributed by atoms with Gasteiger partial charge in [0.25, 0.3) is 5.91 Å². The highest BCUT2D eigenvalue weighted by Gasteiger charge is 2.24. The average Bonchev–Trinajstić information content (AvgIpc) is 3.23. The van der Waals surface area contributed by atoms with Gasteiger partial charge in [0, 0.05) is 10.6 Å². The molecule has 1 heterocycles. The summed E-state index contributed by atoms with van der Waals surface area (Å²) < 4.78 is 10.4. The number of ether oxygens (including phenoxy) is 1. The Morgan fingerprint density at radius 1 is 1.04 bits per heavy atom. The smallest absolute Gasteiger partial charge is 0.288 e. The number of benzene rings is 2. The molecule has 3 aromatic rings. The zero-order valence-electron chi connectivity index (χ0n) is 14.4. The van der Waals surface area contributed by atoms with Crippen LogP contribution in [-0.2, 0) is 0 Å². The minimum Gasteiger partial charge on any atom is -0.495 e. The molecule has 0 spiro atoms. The lowest BCUT2D eigenvalue weighted by Crippen LogP contribution is -2.46. The van der Waals surface area contributed by atoms with Gasteiger partial charge in [0.15, 0.2) is 11.9 Å². The van der Waals surface area contributed by atoms with Crippen LogP contribution in [0.15, 0.2) is 71.3 Å². The molecule has 2 N–H and O–H groups in total. The molecular formula is C20H17ClN2O4. The second kappa shape index (κ2) is 8.42. The zero-order valence-corrected chi connectivity index (χ0v) is 15.2. The van der Waals surface area contributed by atoms with Gasteiger partial charge in [0.1, 0.15) is 5.75 Å². The molecule has 0 aliphatic heterocycles. The monoisotopic (exact) mass is 384 g/mol. The van der Waals surface area contributed by atoms with E-state index in [4.69, 9.17) is 20.8 Å². The number of amides is 1. The number of furan rings is 1. The molecule has 0 fully saturated rings. The summed E-state index contributed by atoms with van der Waals surface area (Å²) in [6.45, 7) is 0. The summed E-state index contributed by atoms with van der Waals surface area (Å²) >= 11 is 5.89. The summed E-state index contributed by atoms with van der Waals surface area (Å²) in [6, 6.07) is 16.6. The maximum absolute atomic E-state index is 13.0. The third-order valence-electron chi connectivity index (χ3n) is 3.82. The molecule has 1 aromatic heterocycles. The Balaban J connectivity index is 1.89. The van der Waals surface area contributed by atoms with Crippen LogP contribution >= 0.6 is 11.6 Å². The minimum atomic E-state index is -1.04. The van der Waals surface area contributed by atoms with Crippen molar-refractivity contribution in [1.82, 2.24) is 5.32 Å². The van der Waals surface area contributed by atoms with Crippen molar-refractivity contribution in [3.05, 3.63) is 83.3 Å². The Bertz CT molecular complexity index is 923. The molecule has 0 saturated carbocycles. The highest BCUT2D eigenvalue weighted by Crippen LogP contribution is 2.24. The van der Waals surface area contributed by atoms with Crippen molar-refractivity contribution in [2.45, 2.75) is 6.17 Å². The number of halogens is 1. The molecule has 0 aliphatic carbocycles. The van der Waals surface area contributed by atoms with E-state index in [1.165, 1.54) is 19.4 Å². The fraction of sp³-hybridized carbons (Fsp3) is 0.100. The number of anilines is 1. The number of Topliss-reactive ketones (excluding diaryl/α,β-unsaturated/α-hetero) is 1. The van der Waals surface area contributed by atoms with Gasteiger partial charge in [-0.3, -0.25) is 9.59 Å². The zero-order chi connectivity index (χ0) is 19.2. The molecule has 0 bridgehead atoms. The van der Waals surface area contributed by atoms with E-state index in [1.807, 2.05) is 6.07 Å². The van der Waals surface area contributed by atoms with Crippen molar-refractivity contribution in [3.8, 4) is 5.75 Å². The van der Waals surface area contributed by atoms with Gasteiger partial charge in [-0.05, 0) is 48.5 Å². The van der Waals surface area contributed by atoms with Gasteiger partial charge in [-0.2, -0.15) is 0 Å². The Kier molecular flexibility index (Phi) is 5.78. The maximum atomic E-state index is 13.0. The van der Waals surface area contributed by atoms with Gasteiger partial charge in [-0.1, -0.05) is 23.7 Å². The van der Waals surface area contributed by atoms with Gasteiger partial charge in [0.2, 0.25) is 5.78 Å². The van der Waals surface area contributed by atoms with Crippen LogP contribution in [0.25, 0.3) is 0 Å². The molecule has 1 atom stereocenters. The SMILES string of the molecule is COc1ccccc1N[C@H](NC(=O)c1ccco1)C(=O)c1ccc(Cl)cc1. The molecule has 27 heavy (non-hydrogen) atoms. The average molecular weight is 385 g/mol.